The van der Waals surface area contributed by atoms with Crippen LogP contribution < -0.4 is 4.74 Å². The smallest absolute Gasteiger partial charge is 0.165 e. The van der Waals surface area contributed by atoms with Crippen LogP contribution in [0.3, 0.4) is 0 Å². The number of benzene rings is 2. The highest BCUT2D eigenvalue weighted by molar-refractivity contribution is 9.10. The molecule has 0 saturated heterocycles. The van der Waals surface area contributed by atoms with Gasteiger partial charge in [0.25, 0.3) is 0 Å². The summed E-state index contributed by atoms with van der Waals surface area (Å²) in [5.41, 5.74) is 1.47. The van der Waals surface area contributed by atoms with E-state index in [4.69, 9.17) is 4.74 Å². The van der Waals surface area contributed by atoms with Crippen LogP contribution in [0, 0.1) is 11.6 Å². The van der Waals surface area contributed by atoms with E-state index in [1.165, 1.54) is 18.2 Å². The predicted octanol–water partition coefficient (Wildman–Crippen LogP) is 5.20. The summed E-state index contributed by atoms with van der Waals surface area (Å²) in [6.07, 6.45) is 0. The van der Waals surface area contributed by atoms with Crippen molar-refractivity contribution in [1.82, 2.24) is 0 Å². The summed E-state index contributed by atoms with van der Waals surface area (Å²) < 4.78 is 32.8. The molecule has 0 amide bonds. The van der Waals surface area contributed by atoms with Crippen LogP contribution in [0.2, 0.25) is 0 Å². The fourth-order valence-corrected chi connectivity index (χ4v) is 2.46. The molecule has 5 heteroatoms. The molecule has 100 valence electrons. The van der Waals surface area contributed by atoms with Gasteiger partial charge in [0.15, 0.2) is 11.6 Å². The maximum absolute atomic E-state index is 13.7. The Balaban J connectivity index is 2.10. The molecule has 2 rings (SSSR count). The molecule has 0 heterocycles. The van der Waals surface area contributed by atoms with Crippen LogP contribution in [0.25, 0.3) is 0 Å². The summed E-state index contributed by atoms with van der Waals surface area (Å²) >= 11 is 6.45. The van der Waals surface area contributed by atoms with Gasteiger partial charge >= 0.3 is 0 Å². The molecule has 0 bridgehead atoms. The second kappa shape index (κ2) is 6.48. The summed E-state index contributed by atoms with van der Waals surface area (Å²) in [7, 11) is 0. The van der Waals surface area contributed by atoms with Crippen molar-refractivity contribution in [2.24, 2.45) is 0 Å². The lowest BCUT2D eigenvalue weighted by molar-refractivity contribution is 0.289. The predicted molar refractivity (Wildman–Crippen MR) is 77.5 cm³/mol. The van der Waals surface area contributed by atoms with Gasteiger partial charge in [-0.2, -0.15) is 0 Å². The van der Waals surface area contributed by atoms with Crippen molar-refractivity contribution in [2.75, 3.05) is 0 Å². The number of alkyl halides is 1. The van der Waals surface area contributed by atoms with E-state index in [1.807, 2.05) is 0 Å². The molecule has 0 atom stereocenters. The molecular weight excluding hydrogens is 382 g/mol. The van der Waals surface area contributed by atoms with Crippen molar-refractivity contribution in [3.05, 3.63) is 63.6 Å². The SMILES string of the molecule is Fc1cc(Br)cc(COc2ccc(CBr)cc2F)c1. The van der Waals surface area contributed by atoms with Crippen LogP contribution in [-0.4, -0.2) is 0 Å². The average Bonchev–Trinajstić information content (AvgIpc) is 2.36. The zero-order chi connectivity index (χ0) is 13.8. The summed E-state index contributed by atoms with van der Waals surface area (Å²) in [4.78, 5) is 0. The Bertz CT molecular complexity index is 567. The van der Waals surface area contributed by atoms with Gasteiger partial charge in [-0.15, -0.1) is 0 Å². The van der Waals surface area contributed by atoms with E-state index in [2.05, 4.69) is 31.9 Å². The minimum atomic E-state index is -0.424. The van der Waals surface area contributed by atoms with E-state index in [0.717, 1.165) is 5.56 Å². The van der Waals surface area contributed by atoms with Crippen molar-refractivity contribution in [2.45, 2.75) is 11.9 Å². The van der Waals surface area contributed by atoms with Crippen molar-refractivity contribution in [3.63, 3.8) is 0 Å². The van der Waals surface area contributed by atoms with Crippen LogP contribution >= 0.6 is 31.9 Å². The van der Waals surface area contributed by atoms with Crippen molar-refractivity contribution in [3.8, 4) is 5.75 Å². The summed E-state index contributed by atoms with van der Waals surface area (Å²) in [5, 5.41) is 0.584. The summed E-state index contributed by atoms with van der Waals surface area (Å²) in [6.45, 7) is 0.112. The number of hydrogen-bond acceptors (Lipinski definition) is 1. The third kappa shape index (κ3) is 4.01. The first-order valence-corrected chi connectivity index (χ1v) is 7.42. The van der Waals surface area contributed by atoms with Crippen LogP contribution in [-0.2, 0) is 11.9 Å². The van der Waals surface area contributed by atoms with Gasteiger partial charge in [0.1, 0.15) is 12.4 Å². The average molecular weight is 392 g/mol. The number of rotatable bonds is 4. The lowest BCUT2D eigenvalue weighted by Crippen LogP contribution is -1.98. The van der Waals surface area contributed by atoms with Gasteiger partial charge in [-0.3, -0.25) is 0 Å². The minimum absolute atomic E-state index is 0.112. The largest absolute Gasteiger partial charge is 0.486 e. The van der Waals surface area contributed by atoms with Crippen LogP contribution in [0.4, 0.5) is 8.78 Å². The fourth-order valence-electron chi connectivity index (χ4n) is 1.60. The topological polar surface area (TPSA) is 9.23 Å². The van der Waals surface area contributed by atoms with E-state index in [-0.39, 0.29) is 18.2 Å². The molecule has 0 spiro atoms. The van der Waals surface area contributed by atoms with Gasteiger partial charge in [-0.25, -0.2) is 8.78 Å². The Morgan fingerprint density at radius 2 is 1.79 bits per heavy atom. The van der Waals surface area contributed by atoms with Gasteiger partial charge in [0, 0.05) is 9.80 Å². The van der Waals surface area contributed by atoms with Crippen molar-refractivity contribution >= 4 is 31.9 Å². The van der Waals surface area contributed by atoms with Gasteiger partial charge in [-0.05, 0) is 41.5 Å². The van der Waals surface area contributed by atoms with Gasteiger partial charge in [0.2, 0.25) is 0 Å². The fraction of sp³-hybridized carbons (Fsp3) is 0.143. The Hall–Kier alpha value is -0.940. The second-order valence-electron chi connectivity index (χ2n) is 3.96. The zero-order valence-electron chi connectivity index (χ0n) is 9.80. The number of ether oxygens (including phenoxy) is 1. The number of halogens is 4. The van der Waals surface area contributed by atoms with Gasteiger partial charge < -0.3 is 4.74 Å². The first-order chi connectivity index (χ1) is 9.08. The summed E-state index contributed by atoms with van der Waals surface area (Å²) in [5.74, 6) is -0.624. The highest BCUT2D eigenvalue weighted by Gasteiger charge is 2.06. The van der Waals surface area contributed by atoms with E-state index >= 15 is 0 Å². The lowest BCUT2D eigenvalue weighted by atomic mass is 10.2. The highest BCUT2D eigenvalue weighted by atomic mass is 79.9. The molecule has 0 fully saturated rings. The monoisotopic (exact) mass is 390 g/mol. The molecule has 0 aliphatic heterocycles. The number of hydrogen-bond donors (Lipinski definition) is 0. The van der Waals surface area contributed by atoms with Crippen LogP contribution in [0.1, 0.15) is 11.1 Å². The third-order valence-corrected chi connectivity index (χ3v) is 3.57. The Morgan fingerprint density at radius 1 is 1.00 bits per heavy atom. The second-order valence-corrected chi connectivity index (χ2v) is 5.44. The molecule has 0 radical (unpaired) electrons. The quantitative estimate of drug-likeness (QED) is 0.650. The third-order valence-electron chi connectivity index (χ3n) is 2.47. The molecule has 1 nitrogen and oxygen atoms in total. The van der Waals surface area contributed by atoms with Crippen LogP contribution in [0.5, 0.6) is 5.75 Å². The minimum Gasteiger partial charge on any atom is -0.486 e. The standard InChI is InChI=1S/C14H10Br2F2O/c15-7-9-1-2-14(13(18)5-9)19-8-10-3-11(16)6-12(17)4-10/h1-6H,7-8H2. The molecule has 0 aliphatic rings. The van der Waals surface area contributed by atoms with Gasteiger partial charge in [-0.1, -0.05) is 37.9 Å². The van der Waals surface area contributed by atoms with Gasteiger partial charge in [0.05, 0.1) is 0 Å². The summed E-state index contributed by atoms with van der Waals surface area (Å²) in [6, 6.07) is 9.19. The maximum atomic E-state index is 13.7. The molecule has 2 aromatic carbocycles. The Kier molecular flexibility index (Phi) is 4.93. The normalized spacial score (nSPS) is 10.5. The maximum Gasteiger partial charge on any atom is 0.165 e. The Labute approximate surface area is 126 Å². The molecule has 2 aromatic rings. The van der Waals surface area contributed by atoms with Crippen molar-refractivity contribution < 1.29 is 13.5 Å². The molecular formula is C14H10Br2F2O. The van der Waals surface area contributed by atoms with E-state index in [9.17, 15) is 8.78 Å². The molecule has 0 unspecified atom stereocenters. The van der Waals surface area contributed by atoms with E-state index < -0.39 is 5.82 Å². The molecule has 19 heavy (non-hydrogen) atoms. The van der Waals surface area contributed by atoms with Crippen LogP contribution in [0.15, 0.2) is 40.9 Å². The molecule has 0 aliphatic carbocycles. The van der Waals surface area contributed by atoms with E-state index in [0.29, 0.717) is 15.4 Å². The lowest BCUT2D eigenvalue weighted by Gasteiger charge is -2.08. The Morgan fingerprint density at radius 3 is 2.42 bits per heavy atom. The van der Waals surface area contributed by atoms with Crippen molar-refractivity contribution in [1.29, 1.82) is 0 Å². The molecule has 0 saturated carbocycles. The molecule has 0 aromatic heterocycles. The van der Waals surface area contributed by atoms with E-state index in [1.54, 1.807) is 18.2 Å². The first-order valence-electron chi connectivity index (χ1n) is 5.50. The zero-order valence-corrected chi connectivity index (χ0v) is 13.0. The first kappa shape index (κ1) is 14.5. The highest BCUT2D eigenvalue weighted by Crippen LogP contribution is 2.22. The molecule has 0 N–H and O–H groups in total.